The first-order valence-corrected chi connectivity index (χ1v) is 13.3. The molecule has 0 saturated heterocycles. The average molecular weight is 441 g/mol. The number of aryl methyl sites for hydroxylation is 1. The van der Waals surface area contributed by atoms with Gasteiger partial charge in [0.1, 0.15) is 12.4 Å². The highest BCUT2D eigenvalue weighted by molar-refractivity contribution is 5.82. The second-order valence-corrected chi connectivity index (χ2v) is 12.7. The number of Topliss-reactive ketones (excluding diaryl/α,β-unsaturated/α-hetero) is 1. The van der Waals surface area contributed by atoms with E-state index >= 15 is 0 Å². The van der Waals surface area contributed by atoms with E-state index in [1.165, 1.54) is 51.4 Å². The normalized spacial score (nSPS) is 49.8. The minimum absolute atomic E-state index is 0.142. The summed E-state index contributed by atoms with van der Waals surface area (Å²) >= 11 is 0. The van der Waals surface area contributed by atoms with E-state index in [2.05, 4.69) is 29.4 Å². The van der Waals surface area contributed by atoms with Gasteiger partial charge in [-0.1, -0.05) is 13.3 Å². The molecule has 5 fully saturated rings. The number of rotatable bonds is 3. The van der Waals surface area contributed by atoms with Crippen molar-refractivity contribution in [1.29, 1.82) is 0 Å². The van der Waals surface area contributed by atoms with Crippen LogP contribution in [0.3, 0.4) is 0 Å². The third-order valence-corrected chi connectivity index (χ3v) is 11.1. The maximum absolute atomic E-state index is 13.8. The molecule has 32 heavy (non-hydrogen) atoms. The van der Waals surface area contributed by atoms with Crippen LogP contribution in [0.1, 0.15) is 83.9 Å². The fraction of sp³-hybridized carbons (Fsp3) is 0.923. The van der Waals surface area contributed by atoms with E-state index in [1.54, 1.807) is 4.68 Å². The highest BCUT2D eigenvalue weighted by Gasteiger charge is 2.66. The number of ketones is 1. The molecule has 1 N–H and O–H groups in total. The number of hydrogen-bond donors (Lipinski definition) is 1. The highest BCUT2D eigenvalue weighted by atomic mass is 16.3. The zero-order chi connectivity index (χ0) is 22.3. The summed E-state index contributed by atoms with van der Waals surface area (Å²) in [6.07, 6.45) is 12.1. The molecule has 0 amide bonds. The summed E-state index contributed by atoms with van der Waals surface area (Å²) in [6, 6.07) is 0. The molecular weight excluding hydrogens is 400 g/mol. The summed E-state index contributed by atoms with van der Waals surface area (Å²) in [5, 5.41) is 22.5. The Labute approximate surface area is 191 Å². The molecule has 0 radical (unpaired) electrons. The molecule has 6 rings (SSSR count). The first-order valence-electron chi connectivity index (χ1n) is 13.3. The molecule has 176 valence electrons. The number of hydrogen-bond acceptors (Lipinski definition) is 5. The fourth-order valence-electron chi connectivity index (χ4n) is 10.1. The maximum atomic E-state index is 13.8. The summed E-state index contributed by atoms with van der Waals surface area (Å²) in [7, 11) is 0. The summed E-state index contributed by atoms with van der Waals surface area (Å²) in [5.74, 6) is 6.42. The Morgan fingerprint density at radius 3 is 2.53 bits per heavy atom. The van der Waals surface area contributed by atoms with Crippen LogP contribution in [-0.4, -0.2) is 36.7 Å². The van der Waals surface area contributed by atoms with Gasteiger partial charge >= 0.3 is 0 Å². The predicted octanol–water partition coefficient (Wildman–Crippen LogP) is 4.21. The number of aliphatic hydroxyl groups is 1. The summed E-state index contributed by atoms with van der Waals surface area (Å²) in [6.45, 7) is 6.76. The molecule has 0 aromatic carbocycles. The van der Waals surface area contributed by atoms with Crippen LogP contribution in [0.2, 0.25) is 0 Å². The van der Waals surface area contributed by atoms with Crippen LogP contribution in [0.5, 0.6) is 0 Å². The third-order valence-electron chi connectivity index (χ3n) is 11.1. The van der Waals surface area contributed by atoms with E-state index in [4.69, 9.17) is 0 Å². The van der Waals surface area contributed by atoms with Crippen molar-refractivity contribution in [3.63, 3.8) is 0 Å². The lowest BCUT2D eigenvalue weighted by Gasteiger charge is -2.57. The van der Waals surface area contributed by atoms with Gasteiger partial charge in [-0.25, -0.2) is 4.68 Å². The van der Waals surface area contributed by atoms with Gasteiger partial charge in [-0.05, 0) is 129 Å². The Morgan fingerprint density at radius 2 is 1.75 bits per heavy atom. The monoisotopic (exact) mass is 440 g/mol. The molecule has 1 aromatic rings. The summed E-state index contributed by atoms with van der Waals surface area (Å²) < 4.78 is 1.70. The molecule has 6 nitrogen and oxygen atoms in total. The van der Waals surface area contributed by atoms with E-state index in [1.807, 2.05) is 6.92 Å². The summed E-state index contributed by atoms with van der Waals surface area (Å²) in [5.41, 5.74) is -0.310. The first-order chi connectivity index (χ1) is 15.3. The molecule has 1 aromatic heterocycles. The Morgan fingerprint density at radius 1 is 1.00 bits per heavy atom. The molecule has 3 unspecified atom stereocenters. The maximum Gasteiger partial charge on any atom is 0.158 e. The van der Waals surface area contributed by atoms with E-state index < -0.39 is 5.60 Å². The van der Waals surface area contributed by atoms with Gasteiger partial charge in [0, 0.05) is 5.92 Å². The molecule has 5 saturated carbocycles. The number of aromatic nitrogens is 4. The number of fused-ring (bicyclic) bond motifs is 7. The highest BCUT2D eigenvalue weighted by Crippen LogP contribution is 2.70. The van der Waals surface area contributed by atoms with E-state index in [9.17, 15) is 9.90 Å². The third kappa shape index (κ3) is 3.07. The SMILES string of the molecule is Cc1nnnn1CC(=O)[C@H]1[C@H]2CCC[C@H]2C2C3CCC4C[C@](C)(O)CC[C@@H]4[C@H]3CC[C@@]21C. The average Bonchev–Trinajstić information content (AvgIpc) is 3.41. The van der Waals surface area contributed by atoms with Crippen molar-refractivity contribution in [3.05, 3.63) is 5.82 Å². The van der Waals surface area contributed by atoms with Crippen LogP contribution < -0.4 is 0 Å². The molecular formula is C26H40N4O2. The quantitative estimate of drug-likeness (QED) is 0.762. The predicted molar refractivity (Wildman–Crippen MR) is 120 cm³/mol. The minimum atomic E-state index is -0.451. The molecule has 5 aliphatic carbocycles. The van der Waals surface area contributed by atoms with Crippen LogP contribution in [-0.2, 0) is 11.3 Å². The van der Waals surface area contributed by atoms with Gasteiger partial charge in [-0.15, -0.1) is 5.10 Å². The Hall–Kier alpha value is -1.30. The van der Waals surface area contributed by atoms with Gasteiger partial charge in [0.25, 0.3) is 0 Å². The van der Waals surface area contributed by atoms with Crippen LogP contribution >= 0.6 is 0 Å². The Bertz CT molecular complexity index is 896. The van der Waals surface area contributed by atoms with Gasteiger partial charge in [0.15, 0.2) is 5.78 Å². The standard InChI is InChI=1S/C26H40N4O2/c1-15-27-28-29-30(15)14-22(31)24-20-6-4-5-19(20)23-21-8-7-16-13-25(2,32)11-9-17(16)18(21)10-12-26(23,24)3/h16-21,23-24,32H,4-14H2,1-3H3/t16?,17-,18+,19+,20-,21?,23?,24+,25+,26-/m0/s1. The van der Waals surface area contributed by atoms with Gasteiger partial charge < -0.3 is 5.11 Å². The van der Waals surface area contributed by atoms with Crippen molar-refractivity contribution in [2.75, 3.05) is 0 Å². The van der Waals surface area contributed by atoms with Crippen LogP contribution in [0.15, 0.2) is 0 Å². The van der Waals surface area contributed by atoms with E-state index in [0.29, 0.717) is 30.1 Å². The molecule has 1 heterocycles. The van der Waals surface area contributed by atoms with Crippen molar-refractivity contribution in [3.8, 4) is 0 Å². The first kappa shape index (κ1) is 21.2. The molecule has 0 spiro atoms. The lowest BCUT2D eigenvalue weighted by atomic mass is 9.48. The smallest absolute Gasteiger partial charge is 0.158 e. The Kier molecular flexibility index (Phi) is 4.88. The molecule has 0 bridgehead atoms. The zero-order valence-electron chi connectivity index (χ0n) is 20.0. The fourth-order valence-corrected chi connectivity index (χ4v) is 10.1. The number of carbonyl (C=O) groups is 1. The van der Waals surface area contributed by atoms with Gasteiger partial charge in [0.05, 0.1) is 5.60 Å². The lowest BCUT2D eigenvalue weighted by molar-refractivity contribution is -0.135. The number of tetrazole rings is 1. The number of nitrogens with zero attached hydrogens (tertiary/aromatic N) is 4. The lowest BCUT2D eigenvalue weighted by Crippen LogP contribution is -2.52. The van der Waals surface area contributed by atoms with Gasteiger partial charge in [-0.3, -0.25) is 4.79 Å². The van der Waals surface area contributed by atoms with Crippen LogP contribution in [0.4, 0.5) is 0 Å². The summed E-state index contributed by atoms with van der Waals surface area (Å²) in [4.78, 5) is 13.8. The van der Waals surface area contributed by atoms with Crippen LogP contribution in [0.25, 0.3) is 0 Å². The van der Waals surface area contributed by atoms with Gasteiger partial charge in [-0.2, -0.15) is 0 Å². The Balaban J connectivity index is 1.29. The van der Waals surface area contributed by atoms with Crippen molar-refractivity contribution < 1.29 is 9.90 Å². The zero-order valence-corrected chi connectivity index (χ0v) is 20.0. The second-order valence-electron chi connectivity index (χ2n) is 12.7. The van der Waals surface area contributed by atoms with E-state index in [-0.39, 0.29) is 11.3 Å². The molecule has 0 aliphatic heterocycles. The van der Waals surface area contributed by atoms with Gasteiger partial charge in [0.2, 0.25) is 0 Å². The largest absolute Gasteiger partial charge is 0.390 e. The second kappa shape index (κ2) is 7.35. The van der Waals surface area contributed by atoms with Crippen molar-refractivity contribution in [1.82, 2.24) is 20.2 Å². The molecule has 5 aliphatic rings. The number of carbonyl (C=O) groups excluding carboxylic acids is 1. The minimum Gasteiger partial charge on any atom is -0.390 e. The molecule has 6 heteroatoms. The topological polar surface area (TPSA) is 80.9 Å². The van der Waals surface area contributed by atoms with E-state index in [0.717, 1.165) is 42.3 Å². The van der Waals surface area contributed by atoms with Crippen molar-refractivity contribution in [2.24, 2.45) is 52.8 Å². The molecule has 10 atom stereocenters. The van der Waals surface area contributed by atoms with Crippen molar-refractivity contribution >= 4 is 5.78 Å². The van der Waals surface area contributed by atoms with Crippen molar-refractivity contribution in [2.45, 2.75) is 97.1 Å². The van der Waals surface area contributed by atoms with Crippen LogP contribution in [0, 0.1) is 59.7 Å².